The molecule has 6 N–H and O–H groups in total. The van der Waals surface area contributed by atoms with Crippen LogP contribution < -0.4 is 5.32 Å². The molecule has 1 aromatic carbocycles. The summed E-state index contributed by atoms with van der Waals surface area (Å²) in [4.78, 5) is 39.1. The maximum atomic E-state index is 12.5. The number of carboxylic acid groups (broad SMARTS) is 2. The molecular formula is C20H27N3O7. The number of nitrogens with zero attached hydrogens (tertiary/aromatic N) is 2. The Hall–Kier alpha value is -3.40. The smallest absolute Gasteiger partial charge is 0.340 e. The molecule has 0 bridgehead atoms. The van der Waals surface area contributed by atoms with Crippen molar-refractivity contribution >= 4 is 23.7 Å². The number of carbonyl (C=O) groups is 3. The second kappa shape index (κ2) is 11.6. The first kappa shape index (κ1) is 24.6. The summed E-state index contributed by atoms with van der Waals surface area (Å²) < 4.78 is 1.65. The minimum atomic E-state index is -1.42. The molecule has 1 heterocycles. The first-order valence-electron chi connectivity index (χ1n) is 9.45. The van der Waals surface area contributed by atoms with E-state index in [4.69, 9.17) is 0 Å². The van der Waals surface area contributed by atoms with Crippen molar-refractivity contribution < 1.29 is 35.2 Å². The van der Waals surface area contributed by atoms with E-state index in [0.29, 0.717) is 6.42 Å². The number of benzene rings is 1. The van der Waals surface area contributed by atoms with Crippen molar-refractivity contribution in [2.45, 2.75) is 51.5 Å². The quantitative estimate of drug-likeness (QED) is 0.403. The van der Waals surface area contributed by atoms with Crippen molar-refractivity contribution in [1.82, 2.24) is 9.55 Å². The predicted octanol–water partition coefficient (Wildman–Crippen LogP) is 2.70. The van der Waals surface area contributed by atoms with E-state index >= 15 is 0 Å². The Kier molecular flexibility index (Phi) is 9.50. The van der Waals surface area contributed by atoms with Crippen LogP contribution in [0.15, 0.2) is 30.7 Å². The highest BCUT2D eigenvalue weighted by Gasteiger charge is 2.21. The van der Waals surface area contributed by atoms with Gasteiger partial charge in [-0.1, -0.05) is 38.7 Å². The molecular weight excluding hydrogens is 394 g/mol. The number of hydrogen-bond acceptors (Lipinski definition) is 5. The number of aromatic hydroxyl groups is 1. The molecule has 0 spiro atoms. The third-order valence-corrected chi connectivity index (χ3v) is 4.57. The Morgan fingerprint density at radius 3 is 2.53 bits per heavy atom. The SMILES string of the molecule is CCCCCCC(CC(=O)O)n1cnc(NC(=O)c2cccc(O)c2C(=O)O)c1.O. The average Bonchev–Trinajstić information content (AvgIpc) is 3.11. The van der Waals surface area contributed by atoms with Gasteiger partial charge in [0.25, 0.3) is 5.91 Å². The Morgan fingerprint density at radius 1 is 1.17 bits per heavy atom. The third kappa shape index (κ3) is 6.59. The molecule has 0 radical (unpaired) electrons. The zero-order valence-electron chi connectivity index (χ0n) is 16.7. The van der Waals surface area contributed by atoms with E-state index < -0.39 is 29.2 Å². The monoisotopic (exact) mass is 421 g/mol. The van der Waals surface area contributed by atoms with Crippen molar-refractivity contribution in [3.8, 4) is 5.75 Å². The van der Waals surface area contributed by atoms with Crippen LogP contribution in [0.1, 0.15) is 72.2 Å². The van der Waals surface area contributed by atoms with E-state index in [1.165, 1.54) is 30.7 Å². The molecule has 30 heavy (non-hydrogen) atoms. The predicted molar refractivity (Wildman–Crippen MR) is 109 cm³/mol. The van der Waals surface area contributed by atoms with Gasteiger partial charge in [-0.25, -0.2) is 9.78 Å². The lowest BCUT2D eigenvalue weighted by atomic mass is 10.0. The molecule has 0 fully saturated rings. The van der Waals surface area contributed by atoms with E-state index in [1.54, 1.807) is 4.57 Å². The molecule has 1 aromatic heterocycles. The van der Waals surface area contributed by atoms with E-state index in [2.05, 4.69) is 17.2 Å². The first-order chi connectivity index (χ1) is 13.8. The molecule has 1 amide bonds. The van der Waals surface area contributed by atoms with Crippen LogP contribution >= 0.6 is 0 Å². The molecule has 1 atom stereocenters. The lowest BCUT2D eigenvalue weighted by molar-refractivity contribution is -0.138. The molecule has 2 rings (SSSR count). The van der Waals surface area contributed by atoms with Gasteiger partial charge >= 0.3 is 11.9 Å². The van der Waals surface area contributed by atoms with Crippen molar-refractivity contribution in [3.05, 3.63) is 41.9 Å². The largest absolute Gasteiger partial charge is 0.507 e. The molecule has 0 aliphatic heterocycles. The Labute approximate surface area is 173 Å². The molecule has 0 saturated carbocycles. The van der Waals surface area contributed by atoms with Gasteiger partial charge in [-0.2, -0.15) is 0 Å². The van der Waals surface area contributed by atoms with Gasteiger partial charge in [0.05, 0.1) is 18.3 Å². The molecule has 0 saturated heterocycles. The summed E-state index contributed by atoms with van der Waals surface area (Å²) >= 11 is 0. The van der Waals surface area contributed by atoms with Crippen LogP contribution in [0.4, 0.5) is 5.82 Å². The number of carboxylic acids is 2. The highest BCUT2D eigenvalue weighted by molar-refractivity contribution is 6.11. The third-order valence-electron chi connectivity index (χ3n) is 4.57. The van der Waals surface area contributed by atoms with Crippen LogP contribution in [0.2, 0.25) is 0 Å². The molecule has 164 valence electrons. The number of carbonyl (C=O) groups excluding carboxylic acids is 1. The van der Waals surface area contributed by atoms with Crippen molar-refractivity contribution in [1.29, 1.82) is 0 Å². The summed E-state index contributed by atoms with van der Waals surface area (Å²) in [5.41, 5.74) is -0.696. The summed E-state index contributed by atoms with van der Waals surface area (Å²) in [6.07, 6.45) is 7.64. The Morgan fingerprint density at radius 2 is 1.90 bits per heavy atom. The minimum absolute atomic E-state index is 0. The maximum Gasteiger partial charge on any atom is 0.340 e. The maximum absolute atomic E-state index is 12.5. The number of aliphatic carboxylic acids is 1. The molecule has 1 unspecified atom stereocenters. The fraction of sp³-hybridized carbons (Fsp3) is 0.400. The lowest BCUT2D eigenvalue weighted by Crippen LogP contribution is -2.17. The Balaban J connectivity index is 0.00000450. The van der Waals surface area contributed by atoms with Crippen molar-refractivity contribution in [3.63, 3.8) is 0 Å². The fourth-order valence-electron chi connectivity index (χ4n) is 3.10. The fourth-order valence-corrected chi connectivity index (χ4v) is 3.10. The summed E-state index contributed by atoms with van der Waals surface area (Å²) in [6.45, 7) is 2.10. The van der Waals surface area contributed by atoms with Crippen molar-refractivity contribution in [2.75, 3.05) is 5.32 Å². The number of anilines is 1. The normalized spacial score (nSPS) is 11.4. The highest BCUT2D eigenvalue weighted by Crippen LogP contribution is 2.24. The van der Waals surface area contributed by atoms with Gasteiger partial charge in [0, 0.05) is 12.2 Å². The van der Waals surface area contributed by atoms with Crippen LogP contribution in [-0.2, 0) is 4.79 Å². The van der Waals surface area contributed by atoms with E-state index in [1.807, 2.05) is 0 Å². The molecule has 10 heteroatoms. The van der Waals surface area contributed by atoms with E-state index in [0.717, 1.165) is 25.7 Å². The van der Waals surface area contributed by atoms with Crippen LogP contribution in [0.3, 0.4) is 0 Å². The van der Waals surface area contributed by atoms with Crippen LogP contribution in [-0.4, -0.2) is 48.2 Å². The number of hydrogen-bond donors (Lipinski definition) is 4. The number of nitrogens with one attached hydrogen (secondary N) is 1. The second-order valence-corrected chi connectivity index (χ2v) is 6.77. The van der Waals surface area contributed by atoms with Gasteiger partial charge in [0.2, 0.25) is 0 Å². The number of aromatic nitrogens is 2. The summed E-state index contributed by atoms with van der Waals surface area (Å²) in [7, 11) is 0. The summed E-state index contributed by atoms with van der Waals surface area (Å²) in [5, 5.41) is 30.6. The van der Waals surface area contributed by atoms with Gasteiger partial charge in [-0.05, 0) is 18.6 Å². The number of phenols is 1. The average molecular weight is 421 g/mol. The molecule has 0 aliphatic carbocycles. The van der Waals surface area contributed by atoms with E-state index in [-0.39, 0.29) is 29.3 Å². The number of imidazole rings is 1. The van der Waals surface area contributed by atoms with Gasteiger partial charge in [-0.3, -0.25) is 9.59 Å². The summed E-state index contributed by atoms with van der Waals surface area (Å²) in [6, 6.07) is 3.55. The topological polar surface area (TPSA) is 173 Å². The van der Waals surface area contributed by atoms with Crippen LogP contribution in [0, 0.1) is 0 Å². The van der Waals surface area contributed by atoms with Gasteiger partial charge in [0.15, 0.2) is 5.82 Å². The van der Waals surface area contributed by atoms with E-state index in [9.17, 15) is 29.7 Å². The number of rotatable bonds is 11. The summed E-state index contributed by atoms with van der Waals surface area (Å²) in [5.74, 6) is -3.42. The van der Waals surface area contributed by atoms with Gasteiger partial charge in [0.1, 0.15) is 11.3 Å². The standard InChI is InChI=1S/C20H25N3O6.H2O/c1-2-3-4-5-7-13(10-17(25)26)23-11-16(21-12-23)22-19(27)14-8-6-9-15(24)18(14)20(28)29;/h6,8-9,11-13,24H,2-5,7,10H2,1H3,(H,22,27)(H,25,26)(H,28,29);1H2. The highest BCUT2D eigenvalue weighted by atomic mass is 16.4. The lowest BCUT2D eigenvalue weighted by Gasteiger charge is -2.16. The zero-order chi connectivity index (χ0) is 21.4. The molecule has 10 nitrogen and oxygen atoms in total. The van der Waals surface area contributed by atoms with Gasteiger partial charge < -0.3 is 30.7 Å². The minimum Gasteiger partial charge on any atom is -0.507 e. The molecule has 0 aliphatic rings. The number of unbranched alkanes of at least 4 members (excludes halogenated alkanes) is 3. The zero-order valence-corrected chi connectivity index (χ0v) is 16.7. The Bertz CT molecular complexity index is 879. The first-order valence-corrected chi connectivity index (χ1v) is 9.45. The number of amides is 1. The van der Waals surface area contributed by atoms with Crippen LogP contribution in [0.25, 0.3) is 0 Å². The molecule has 2 aromatic rings. The van der Waals surface area contributed by atoms with Crippen LogP contribution in [0.5, 0.6) is 5.75 Å². The van der Waals surface area contributed by atoms with Gasteiger partial charge in [-0.15, -0.1) is 0 Å². The van der Waals surface area contributed by atoms with Crippen molar-refractivity contribution in [2.24, 2.45) is 0 Å². The second-order valence-electron chi connectivity index (χ2n) is 6.77. The number of aromatic carboxylic acids is 1.